The van der Waals surface area contributed by atoms with E-state index >= 15 is 0 Å². The molecule has 0 spiro atoms. The second-order valence-corrected chi connectivity index (χ2v) is 6.67. The first-order chi connectivity index (χ1) is 13.2. The third kappa shape index (κ3) is 5.68. The van der Waals surface area contributed by atoms with Gasteiger partial charge < -0.3 is 11.1 Å². The van der Waals surface area contributed by atoms with Gasteiger partial charge in [-0.05, 0) is 12.0 Å². The van der Waals surface area contributed by atoms with E-state index in [2.05, 4.69) is 17.4 Å². The fourth-order valence-corrected chi connectivity index (χ4v) is 3.04. The summed E-state index contributed by atoms with van der Waals surface area (Å²) in [6.45, 7) is 3.12. The van der Waals surface area contributed by atoms with E-state index in [4.69, 9.17) is 10.8 Å². The summed E-state index contributed by atoms with van der Waals surface area (Å²) in [4.78, 5) is 12.2. The smallest absolute Gasteiger partial charge is 0.237 e. The van der Waals surface area contributed by atoms with Gasteiger partial charge >= 0.3 is 0 Å². The Kier molecular flexibility index (Phi) is 8.23. The van der Waals surface area contributed by atoms with Gasteiger partial charge in [0, 0.05) is 23.9 Å². The minimum atomic E-state index is -0.463. The molecule has 28 heavy (non-hydrogen) atoms. The molecule has 3 aromatic rings. The Balaban J connectivity index is 0.00000280. The molecule has 0 saturated carbocycles. The maximum atomic E-state index is 12.2. The van der Waals surface area contributed by atoms with E-state index in [1.54, 1.807) is 0 Å². The molecule has 148 valence electrons. The quantitative estimate of drug-likeness (QED) is 0.606. The maximum Gasteiger partial charge on any atom is 0.237 e. The number of amides is 1. The predicted molar refractivity (Wildman–Crippen MR) is 115 cm³/mol. The molecule has 6 heteroatoms. The summed E-state index contributed by atoms with van der Waals surface area (Å²) in [5.41, 5.74) is 10.00. The molecule has 0 aliphatic carbocycles. The highest BCUT2D eigenvalue weighted by atomic mass is 35.5. The van der Waals surface area contributed by atoms with Gasteiger partial charge in [-0.3, -0.25) is 9.48 Å². The second-order valence-electron chi connectivity index (χ2n) is 6.67. The third-order valence-electron chi connectivity index (χ3n) is 4.46. The molecule has 0 aliphatic rings. The van der Waals surface area contributed by atoms with Crippen LogP contribution in [0.1, 0.15) is 30.9 Å². The van der Waals surface area contributed by atoms with Crippen molar-refractivity contribution in [2.24, 2.45) is 5.73 Å². The van der Waals surface area contributed by atoms with Crippen LogP contribution in [-0.4, -0.2) is 21.7 Å². The number of rotatable bonds is 8. The van der Waals surface area contributed by atoms with Gasteiger partial charge in [-0.15, -0.1) is 12.4 Å². The van der Waals surface area contributed by atoms with Crippen LogP contribution in [0.25, 0.3) is 11.3 Å². The molecular formula is C22H27ClN4O. The van der Waals surface area contributed by atoms with E-state index in [1.807, 2.05) is 66.3 Å². The number of hydrogen-bond donors (Lipinski definition) is 2. The first kappa shape index (κ1) is 21.7. The average Bonchev–Trinajstić information content (AvgIpc) is 3.10. The molecule has 1 atom stereocenters. The Labute approximate surface area is 172 Å². The lowest BCUT2D eigenvalue weighted by Gasteiger charge is -2.11. The highest BCUT2D eigenvalue weighted by Gasteiger charge is 2.15. The molecule has 0 fully saturated rings. The first-order valence-corrected chi connectivity index (χ1v) is 9.36. The van der Waals surface area contributed by atoms with Crippen molar-refractivity contribution in [3.05, 3.63) is 78.0 Å². The fourth-order valence-electron chi connectivity index (χ4n) is 3.04. The number of benzene rings is 2. The molecule has 5 nitrogen and oxygen atoms in total. The molecule has 0 bridgehead atoms. The standard InChI is InChI=1S/C22H26N4O.ClH/c1-2-9-20(23)22(27)24-14-19-16-26(15-17-10-5-3-6-11-17)25-21(19)18-12-7-4-8-13-18;/h3-8,10-13,16,20H,2,9,14-15,23H2,1H3,(H,24,27);1H. The molecular weight excluding hydrogens is 372 g/mol. The average molecular weight is 399 g/mol. The van der Waals surface area contributed by atoms with E-state index in [9.17, 15) is 4.79 Å². The number of nitrogens with zero attached hydrogens (tertiary/aromatic N) is 2. The van der Waals surface area contributed by atoms with E-state index in [0.717, 1.165) is 23.2 Å². The van der Waals surface area contributed by atoms with Crippen molar-refractivity contribution < 1.29 is 4.79 Å². The van der Waals surface area contributed by atoms with Crippen molar-refractivity contribution >= 4 is 18.3 Å². The number of halogens is 1. The zero-order valence-electron chi connectivity index (χ0n) is 16.0. The van der Waals surface area contributed by atoms with Gasteiger partial charge in [-0.1, -0.05) is 74.0 Å². The molecule has 3 N–H and O–H groups in total. The molecule has 1 unspecified atom stereocenters. The zero-order chi connectivity index (χ0) is 19.1. The normalized spacial score (nSPS) is 11.5. The van der Waals surface area contributed by atoms with Crippen LogP contribution < -0.4 is 11.1 Å². The van der Waals surface area contributed by atoms with E-state index in [1.165, 1.54) is 5.56 Å². The lowest BCUT2D eigenvalue weighted by Crippen LogP contribution is -2.40. The Morgan fingerprint density at radius 2 is 1.75 bits per heavy atom. The lowest BCUT2D eigenvalue weighted by molar-refractivity contribution is -0.122. The molecule has 0 aliphatic heterocycles. The zero-order valence-corrected chi connectivity index (χ0v) is 16.9. The third-order valence-corrected chi connectivity index (χ3v) is 4.46. The van der Waals surface area contributed by atoms with E-state index in [-0.39, 0.29) is 18.3 Å². The molecule has 1 amide bonds. The van der Waals surface area contributed by atoms with Crippen LogP contribution in [0, 0.1) is 0 Å². The van der Waals surface area contributed by atoms with E-state index in [0.29, 0.717) is 19.5 Å². The van der Waals surface area contributed by atoms with E-state index < -0.39 is 6.04 Å². The summed E-state index contributed by atoms with van der Waals surface area (Å²) >= 11 is 0. The molecule has 1 aromatic heterocycles. The van der Waals surface area contributed by atoms with Crippen molar-refractivity contribution in [1.29, 1.82) is 0 Å². The van der Waals surface area contributed by atoms with Gasteiger partial charge in [0.1, 0.15) is 0 Å². The van der Waals surface area contributed by atoms with Crippen molar-refractivity contribution in [3.8, 4) is 11.3 Å². The Hall–Kier alpha value is -2.63. The van der Waals surface area contributed by atoms with Crippen LogP contribution in [0.2, 0.25) is 0 Å². The summed E-state index contributed by atoms with van der Waals surface area (Å²) in [6.07, 6.45) is 3.57. The number of carbonyl (C=O) groups excluding carboxylic acids is 1. The number of hydrogen-bond acceptors (Lipinski definition) is 3. The summed E-state index contributed by atoms with van der Waals surface area (Å²) in [5, 5.41) is 7.72. The first-order valence-electron chi connectivity index (χ1n) is 9.36. The topological polar surface area (TPSA) is 72.9 Å². The van der Waals surface area contributed by atoms with Gasteiger partial charge in [0.05, 0.1) is 18.3 Å². The number of nitrogens with one attached hydrogen (secondary N) is 1. The summed E-state index contributed by atoms with van der Waals surface area (Å²) in [6, 6.07) is 19.8. The number of nitrogens with two attached hydrogens (primary N) is 1. The van der Waals surface area contributed by atoms with Crippen molar-refractivity contribution in [3.63, 3.8) is 0 Å². The summed E-state index contributed by atoms with van der Waals surface area (Å²) in [5.74, 6) is -0.119. The van der Waals surface area contributed by atoms with Crippen LogP contribution in [0.4, 0.5) is 0 Å². The van der Waals surface area contributed by atoms with Crippen molar-refractivity contribution in [1.82, 2.24) is 15.1 Å². The highest BCUT2D eigenvalue weighted by Crippen LogP contribution is 2.22. The number of aromatic nitrogens is 2. The van der Waals surface area contributed by atoms with Crippen LogP contribution in [0.5, 0.6) is 0 Å². The lowest BCUT2D eigenvalue weighted by atomic mass is 10.1. The Morgan fingerprint density at radius 3 is 2.39 bits per heavy atom. The number of carbonyl (C=O) groups is 1. The monoisotopic (exact) mass is 398 g/mol. The Bertz CT molecular complexity index is 865. The van der Waals surface area contributed by atoms with Crippen LogP contribution in [0.3, 0.4) is 0 Å². The van der Waals surface area contributed by atoms with Crippen molar-refractivity contribution in [2.45, 2.75) is 38.9 Å². The van der Waals surface area contributed by atoms with Crippen LogP contribution in [0.15, 0.2) is 66.9 Å². The molecule has 1 heterocycles. The van der Waals surface area contributed by atoms with Crippen LogP contribution >= 0.6 is 12.4 Å². The highest BCUT2D eigenvalue weighted by molar-refractivity contribution is 5.85. The van der Waals surface area contributed by atoms with Gasteiger partial charge in [0.2, 0.25) is 5.91 Å². The minimum absolute atomic E-state index is 0. The Morgan fingerprint density at radius 1 is 1.11 bits per heavy atom. The summed E-state index contributed by atoms with van der Waals surface area (Å²) < 4.78 is 1.92. The fraction of sp³-hybridized carbons (Fsp3) is 0.273. The molecule has 2 aromatic carbocycles. The van der Waals surface area contributed by atoms with Gasteiger partial charge in [-0.2, -0.15) is 5.10 Å². The minimum Gasteiger partial charge on any atom is -0.351 e. The predicted octanol–water partition coefficient (Wildman–Crippen LogP) is 3.76. The largest absolute Gasteiger partial charge is 0.351 e. The second kappa shape index (κ2) is 10.6. The van der Waals surface area contributed by atoms with Gasteiger partial charge in [0.15, 0.2) is 0 Å². The van der Waals surface area contributed by atoms with Crippen molar-refractivity contribution in [2.75, 3.05) is 0 Å². The van der Waals surface area contributed by atoms with Gasteiger partial charge in [0.25, 0.3) is 0 Å². The molecule has 0 saturated heterocycles. The molecule has 3 rings (SSSR count). The van der Waals surface area contributed by atoms with Gasteiger partial charge in [-0.25, -0.2) is 0 Å². The summed E-state index contributed by atoms with van der Waals surface area (Å²) in [7, 11) is 0. The molecule has 0 radical (unpaired) electrons. The maximum absolute atomic E-state index is 12.2. The SMILES string of the molecule is CCCC(N)C(=O)NCc1cn(Cc2ccccc2)nc1-c1ccccc1.Cl. The van der Waals surface area contributed by atoms with Crippen LogP contribution in [-0.2, 0) is 17.9 Å².